The molecular weight excluding hydrogens is 356 g/mol. The summed E-state index contributed by atoms with van der Waals surface area (Å²) >= 11 is 1.54. The van der Waals surface area contributed by atoms with Crippen LogP contribution in [0.15, 0.2) is 41.4 Å². The van der Waals surface area contributed by atoms with E-state index in [2.05, 4.69) is 10.3 Å². The van der Waals surface area contributed by atoms with Crippen LogP contribution in [0.3, 0.4) is 0 Å². The molecule has 0 radical (unpaired) electrons. The molecular formula is C21H20N4OS. The topological polar surface area (TPSA) is 70.7 Å². The Morgan fingerprint density at radius 2 is 2.00 bits per heavy atom. The van der Waals surface area contributed by atoms with Gasteiger partial charge in [-0.1, -0.05) is 6.07 Å². The SMILES string of the molecule is Cc1ccc(NC(=O)/C(C#N)=C/c2cc(C)n(-c3nccs3)c2C)cc1C. The predicted octanol–water partition coefficient (Wildman–Crippen LogP) is 4.71. The van der Waals surface area contributed by atoms with Crippen LogP contribution in [0.5, 0.6) is 0 Å². The Kier molecular flexibility index (Phi) is 5.24. The molecule has 0 saturated heterocycles. The second-order valence-corrected chi connectivity index (χ2v) is 7.27. The number of nitrogens with zero attached hydrogens (tertiary/aromatic N) is 3. The van der Waals surface area contributed by atoms with Gasteiger partial charge in [-0.25, -0.2) is 4.98 Å². The lowest BCUT2D eigenvalue weighted by atomic mass is 10.1. The average molecular weight is 376 g/mol. The summed E-state index contributed by atoms with van der Waals surface area (Å²) < 4.78 is 2.02. The minimum atomic E-state index is -0.417. The van der Waals surface area contributed by atoms with Gasteiger partial charge >= 0.3 is 0 Å². The van der Waals surface area contributed by atoms with Crippen molar-refractivity contribution in [1.29, 1.82) is 5.26 Å². The summed E-state index contributed by atoms with van der Waals surface area (Å²) in [6, 6.07) is 9.65. The van der Waals surface area contributed by atoms with Crippen LogP contribution in [0, 0.1) is 39.0 Å². The first-order valence-electron chi connectivity index (χ1n) is 8.50. The zero-order valence-electron chi connectivity index (χ0n) is 15.7. The summed E-state index contributed by atoms with van der Waals surface area (Å²) in [5, 5.41) is 15.1. The lowest BCUT2D eigenvalue weighted by molar-refractivity contribution is -0.112. The third-order valence-corrected chi connectivity index (χ3v) is 5.27. The summed E-state index contributed by atoms with van der Waals surface area (Å²) in [6.45, 7) is 7.93. The number of amides is 1. The van der Waals surface area contributed by atoms with Crippen LogP contribution in [0.25, 0.3) is 11.2 Å². The van der Waals surface area contributed by atoms with E-state index in [1.165, 1.54) is 11.3 Å². The molecule has 0 aliphatic rings. The maximum atomic E-state index is 12.6. The van der Waals surface area contributed by atoms with Gasteiger partial charge in [-0.15, -0.1) is 11.3 Å². The van der Waals surface area contributed by atoms with E-state index in [0.29, 0.717) is 5.69 Å². The number of thiazole rings is 1. The number of hydrogen-bond donors (Lipinski definition) is 1. The molecule has 1 N–H and O–H groups in total. The van der Waals surface area contributed by atoms with E-state index < -0.39 is 5.91 Å². The monoisotopic (exact) mass is 376 g/mol. The number of carbonyl (C=O) groups is 1. The van der Waals surface area contributed by atoms with Gasteiger partial charge in [-0.2, -0.15) is 5.26 Å². The minimum Gasteiger partial charge on any atom is -0.321 e. The van der Waals surface area contributed by atoms with Gasteiger partial charge in [-0.3, -0.25) is 9.36 Å². The van der Waals surface area contributed by atoms with E-state index in [-0.39, 0.29) is 5.57 Å². The molecule has 0 bridgehead atoms. The van der Waals surface area contributed by atoms with Crippen LogP contribution < -0.4 is 5.32 Å². The molecule has 0 saturated carbocycles. The van der Waals surface area contributed by atoms with Crippen molar-refractivity contribution in [3.05, 3.63) is 69.5 Å². The molecule has 0 atom stereocenters. The first kappa shape index (κ1) is 18.6. The molecule has 3 aromatic rings. The first-order valence-corrected chi connectivity index (χ1v) is 9.38. The summed E-state index contributed by atoms with van der Waals surface area (Å²) in [7, 11) is 0. The third-order valence-electron chi connectivity index (χ3n) is 4.51. The lowest BCUT2D eigenvalue weighted by Gasteiger charge is -2.07. The second kappa shape index (κ2) is 7.60. The summed E-state index contributed by atoms with van der Waals surface area (Å²) in [5.41, 5.74) is 5.75. The molecule has 0 unspecified atom stereocenters. The molecule has 27 heavy (non-hydrogen) atoms. The number of carbonyl (C=O) groups excluding carboxylic acids is 1. The summed E-state index contributed by atoms with van der Waals surface area (Å²) in [5.74, 6) is -0.417. The van der Waals surface area contributed by atoms with Gasteiger partial charge in [-0.05, 0) is 68.7 Å². The fraction of sp³-hybridized carbons (Fsp3) is 0.190. The van der Waals surface area contributed by atoms with Crippen molar-refractivity contribution in [2.24, 2.45) is 0 Å². The predicted molar refractivity (Wildman–Crippen MR) is 109 cm³/mol. The van der Waals surface area contributed by atoms with Gasteiger partial charge < -0.3 is 5.32 Å². The van der Waals surface area contributed by atoms with E-state index >= 15 is 0 Å². The summed E-state index contributed by atoms with van der Waals surface area (Å²) in [6.07, 6.45) is 3.38. The van der Waals surface area contributed by atoms with Crippen molar-refractivity contribution in [2.75, 3.05) is 5.32 Å². The highest BCUT2D eigenvalue weighted by Crippen LogP contribution is 2.24. The number of hydrogen-bond acceptors (Lipinski definition) is 4. The van der Waals surface area contributed by atoms with E-state index in [1.807, 2.05) is 68.0 Å². The van der Waals surface area contributed by atoms with Crippen LogP contribution >= 0.6 is 11.3 Å². The van der Waals surface area contributed by atoms with Gasteiger partial charge in [0.25, 0.3) is 5.91 Å². The van der Waals surface area contributed by atoms with E-state index in [0.717, 1.165) is 33.2 Å². The van der Waals surface area contributed by atoms with Crippen molar-refractivity contribution in [3.63, 3.8) is 0 Å². The molecule has 136 valence electrons. The molecule has 1 aromatic carbocycles. The number of aryl methyl sites for hydroxylation is 3. The van der Waals surface area contributed by atoms with Crippen molar-refractivity contribution in [3.8, 4) is 11.2 Å². The maximum Gasteiger partial charge on any atom is 0.266 e. The number of nitriles is 1. The van der Waals surface area contributed by atoms with Crippen molar-refractivity contribution >= 4 is 29.0 Å². The van der Waals surface area contributed by atoms with Crippen molar-refractivity contribution in [1.82, 2.24) is 9.55 Å². The number of aromatic nitrogens is 2. The second-order valence-electron chi connectivity index (χ2n) is 6.40. The van der Waals surface area contributed by atoms with Crippen molar-refractivity contribution in [2.45, 2.75) is 27.7 Å². The molecule has 3 rings (SSSR count). The largest absolute Gasteiger partial charge is 0.321 e. The summed E-state index contributed by atoms with van der Waals surface area (Å²) in [4.78, 5) is 16.9. The quantitative estimate of drug-likeness (QED) is 0.529. The van der Waals surface area contributed by atoms with Crippen LogP contribution in [0.2, 0.25) is 0 Å². The van der Waals surface area contributed by atoms with Crippen LogP contribution in [0.1, 0.15) is 28.1 Å². The van der Waals surface area contributed by atoms with Crippen LogP contribution in [-0.2, 0) is 4.79 Å². The molecule has 0 fully saturated rings. The van der Waals surface area contributed by atoms with Crippen molar-refractivity contribution < 1.29 is 4.79 Å². The van der Waals surface area contributed by atoms with Gasteiger partial charge in [0, 0.05) is 28.7 Å². The van der Waals surface area contributed by atoms with Gasteiger partial charge in [0.2, 0.25) is 0 Å². The zero-order valence-corrected chi connectivity index (χ0v) is 16.5. The van der Waals surface area contributed by atoms with E-state index in [4.69, 9.17) is 0 Å². The highest BCUT2D eigenvalue weighted by Gasteiger charge is 2.15. The Hall–Kier alpha value is -3.17. The molecule has 1 amide bonds. The first-order chi connectivity index (χ1) is 12.9. The Morgan fingerprint density at radius 3 is 2.63 bits per heavy atom. The molecule has 0 aliphatic carbocycles. The smallest absolute Gasteiger partial charge is 0.266 e. The third kappa shape index (κ3) is 3.83. The average Bonchev–Trinajstić information content (AvgIpc) is 3.24. The van der Waals surface area contributed by atoms with Gasteiger partial charge in [0.15, 0.2) is 5.13 Å². The molecule has 0 spiro atoms. The Bertz CT molecular complexity index is 1070. The van der Waals surface area contributed by atoms with Gasteiger partial charge in [0.1, 0.15) is 11.6 Å². The molecule has 5 nitrogen and oxygen atoms in total. The number of rotatable bonds is 4. The standard InChI is InChI=1S/C21H20N4OS/c1-13-5-6-19(9-14(13)2)24-20(26)18(12-22)11-17-10-15(3)25(16(17)4)21-23-7-8-27-21/h5-11H,1-4H3,(H,24,26)/b18-11+. The fourth-order valence-corrected chi connectivity index (χ4v) is 3.63. The fourth-order valence-electron chi connectivity index (χ4n) is 2.88. The molecule has 2 heterocycles. The zero-order chi connectivity index (χ0) is 19.6. The molecule has 2 aromatic heterocycles. The minimum absolute atomic E-state index is 0.0626. The highest BCUT2D eigenvalue weighted by atomic mass is 32.1. The van der Waals surface area contributed by atoms with E-state index in [1.54, 1.807) is 12.3 Å². The number of benzene rings is 1. The van der Waals surface area contributed by atoms with Gasteiger partial charge in [0.05, 0.1) is 0 Å². The highest BCUT2D eigenvalue weighted by molar-refractivity contribution is 7.12. The normalized spacial score (nSPS) is 11.3. The maximum absolute atomic E-state index is 12.6. The Labute approximate surface area is 162 Å². The lowest BCUT2D eigenvalue weighted by Crippen LogP contribution is -2.13. The molecule has 0 aliphatic heterocycles. The Morgan fingerprint density at radius 1 is 1.22 bits per heavy atom. The number of nitrogens with one attached hydrogen (secondary N) is 1. The Balaban J connectivity index is 1.90. The molecule has 6 heteroatoms. The van der Waals surface area contributed by atoms with Crippen LogP contribution in [0.4, 0.5) is 5.69 Å². The van der Waals surface area contributed by atoms with E-state index in [9.17, 15) is 10.1 Å². The van der Waals surface area contributed by atoms with Crippen LogP contribution in [-0.4, -0.2) is 15.5 Å². The number of anilines is 1.